The number of primary amides is 2. The number of aryl methyl sites for hydroxylation is 2. The fourth-order valence-corrected chi connectivity index (χ4v) is 7.40. The van der Waals surface area contributed by atoms with Gasteiger partial charge in [0.25, 0.3) is 11.8 Å². The van der Waals surface area contributed by atoms with Crippen LogP contribution in [-0.2, 0) is 26.2 Å². The van der Waals surface area contributed by atoms with Crippen LogP contribution >= 0.6 is 0 Å². The van der Waals surface area contributed by atoms with E-state index in [9.17, 15) is 24.3 Å². The standard InChI is InChI=1S/C42H48N12O7/c1-23-19-45-53(21-25-7-8-25)33(23)39(58)49-41-47-29-15-27(37(43)56)17-31(60-3)35(29)51(41)11-4-5-12-52-36-30(16-28(38(44)57)18-32(36)61-14-6-13-55)48-42(52)50-40(59)34-24(2)20-46-54(34)22-26-9-10-26/h4-5,15-20,25-26,55H,6-14,21-22H2,1-3H3,(H2,43,56)(H2,44,57)(H,47,49,58)(H,48,50,59)/b5-4+. The number of methoxy groups -OCH3 is 1. The Hall–Kier alpha value is -7.02. The van der Waals surface area contributed by atoms with Crippen LogP contribution in [0.5, 0.6) is 11.5 Å². The van der Waals surface area contributed by atoms with Crippen molar-refractivity contribution in [2.75, 3.05) is 31.0 Å². The van der Waals surface area contributed by atoms with Gasteiger partial charge in [0.15, 0.2) is 0 Å². The number of ether oxygens (including phenoxy) is 2. The summed E-state index contributed by atoms with van der Waals surface area (Å²) in [6.07, 6.45) is 11.7. The predicted octanol–water partition coefficient (Wildman–Crippen LogP) is 3.94. The molecule has 2 saturated carbocycles. The minimum atomic E-state index is -0.690. The predicted molar refractivity (Wildman–Crippen MR) is 225 cm³/mol. The number of aliphatic hydroxyl groups excluding tert-OH is 1. The summed E-state index contributed by atoms with van der Waals surface area (Å²) < 4.78 is 18.7. The lowest BCUT2D eigenvalue weighted by atomic mass is 10.1. The largest absolute Gasteiger partial charge is 0.494 e. The molecular formula is C42H48N12O7. The Kier molecular flexibility index (Phi) is 11.3. The Labute approximate surface area is 349 Å². The fraction of sp³-hybridized carbons (Fsp3) is 0.381. The average Bonchev–Trinajstić information content (AvgIpc) is 4.09. The average molecular weight is 833 g/mol. The highest BCUT2D eigenvalue weighted by molar-refractivity contribution is 6.06. The number of rotatable bonds is 19. The molecule has 2 aromatic carbocycles. The molecule has 0 aliphatic heterocycles. The molecule has 0 saturated heterocycles. The first-order chi connectivity index (χ1) is 29.4. The molecule has 7 N–H and O–H groups in total. The van der Waals surface area contributed by atoms with E-state index in [1.54, 1.807) is 37.0 Å². The van der Waals surface area contributed by atoms with Crippen molar-refractivity contribution in [2.45, 2.75) is 72.1 Å². The van der Waals surface area contributed by atoms with E-state index in [1.165, 1.54) is 25.3 Å². The van der Waals surface area contributed by atoms with Crippen LogP contribution < -0.4 is 31.6 Å². The van der Waals surface area contributed by atoms with Crippen molar-refractivity contribution >= 4 is 57.6 Å². The zero-order valence-corrected chi connectivity index (χ0v) is 34.2. The van der Waals surface area contributed by atoms with Gasteiger partial charge in [-0.2, -0.15) is 10.2 Å². The maximum Gasteiger partial charge on any atom is 0.276 e. The first-order valence-electron chi connectivity index (χ1n) is 20.2. The third-order valence-electron chi connectivity index (χ3n) is 10.9. The van der Waals surface area contributed by atoms with Gasteiger partial charge in [-0.05, 0) is 86.8 Å². The van der Waals surface area contributed by atoms with Crippen molar-refractivity contribution in [3.05, 3.63) is 82.5 Å². The summed E-state index contributed by atoms with van der Waals surface area (Å²) in [5, 5.41) is 24.4. The molecule has 61 heavy (non-hydrogen) atoms. The maximum atomic E-state index is 14.0. The monoisotopic (exact) mass is 832 g/mol. The lowest BCUT2D eigenvalue weighted by molar-refractivity contribution is 0.0991. The van der Waals surface area contributed by atoms with Gasteiger partial charge in [0.05, 0.1) is 37.1 Å². The number of aromatic nitrogens is 8. The normalized spacial score (nSPS) is 14.0. The van der Waals surface area contributed by atoms with Crippen LogP contribution in [0.15, 0.2) is 48.8 Å². The highest BCUT2D eigenvalue weighted by atomic mass is 16.5. The number of amides is 4. The molecule has 0 radical (unpaired) electrons. The van der Waals surface area contributed by atoms with Gasteiger partial charge in [0.2, 0.25) is 23.7 Å². The number of benzene rings is 2. The van der Waals surface area contributed by atoms with Crippen molar-refractivity contribution in [3.63, 3.8) is 0 Å². The summed E-state index contributed by atoms with van der Waals surface area (Å²) in [6, 6.07) is 6.12. The fourth-order valence-electron chi connectivity index (χ4n) is 7.40. The van der Waals surface area contributed by atoms with Crippen LogP contribution in [0, 0.1) is 25.7 Å². The lowest BCUT2D eigenvalue weighted by Crippen LogP contribution is -2.22. The molecule has 318 valence electrons. The first kappa shape index (κ1) is 40.7. The third-order valence-corrected chi connectivity index (χ3v) is 10.9. The van der Waals surface area contributed by atoms with Gasteiger partial charge in [-0.3, -0.25) is 39.2 Å². The van der Waals surface area contributed by atoms with Crippen LogP contribution in [-0.4, -0.2) is 87.7 Å². The number of carbonyl (C=O) groups is 4. The molecule has 0 bridgehead atoms. The summed E-state index contributed by atoms with van der Waals surface area (Å²) >= 11 is 0. The second-order valence-electron chi connectivity index (χ2n) is 15.6. The molecule has 19 nitrogen and oxygen atoms in total. The highest BCUT2D eigenvalue weighted by Gasteiger charge is 2.29. The number of nitrogens with one attached hydrogen (secondary N) is 2. The molecule has 4 aromatic heterocycles. The molecule has 19 heteroatoms. The van der Waals surface area contributed by atoms with Gasteiger partial charge in [-0.25, -0.2) is 9.97 Å². The Bertz CT molecular complexity index is 2710. The highest BCUT2D eigenvalue weighted by Crippen LogP contribution is 2.35. The molecule has 0 unspecified atom stereocenters. The first-order valence-corrected chi connectivity index (χ1v) is 20.2. The number of anilines is 2. The number of aliphatic hydroxyl groups is 1. The lowest BCUT2D eigenvalue weighted by Gasteiger charge is -2.14. The number of carbonyl (C=O) groups excluding carboxylic acids is 4. The molecule has 2 aliphatic rings. The molecule has 8 rings (SSSR count). The number of fused-ring (bicyclic) bond motifs is 2. The van der Waals surface area contributed by atoms with Gasteiger partial charge in [0.1, 0.15) is 33.9 Å². The SMILES string of the molecule is COc1cc(C(N)=O)cc2nc(NC(=O)c3c(C)cnn3CC3CC3)n(C/C=C/Cn3c(NC(=O)c4c(C)cnn4CC4CC4)nc4cc(C(N)=O)cc(OCCCO)c43)c12. The molecule has 2 fully saturated rings. The Morgan fingerprint density at radius 1 is 0.754 bits per heavy atom. The number of nitrogens with zero attached hydrogens (tertiary/aromatic N) is 8. The molecular weight excluding hydrogens is 785 g/mol. The van der Waals surface area contributed by atoms with E-state index in [0.29, 0.717) is 76.1 Å². The Morgan fingerprint density at radius 3 is 1.64 bits per heavy atom. The van der Waals surface area contributed by atoms with Crippen LogP contribution in [0.25, 0.3) is 22.1 Å². The van der Waals surface area contributed by atoms with Crippen LogP contribution in [0.4, 0.5) is 11.9 Å². The van der Waals surface area contributed by atoms with E-state index < -0.39 is 23.6 Å². The van der Waals surface area contributed by atoms with Crippen molar-refractivity contribution < 1.29 is 33.8 Å². The van der Waals surface area contributed by atoms with E-state index in [-0.39, 0.29) is 55.1 Å². The summed E-state index contributed by atoms with van der Waals surface area (Å²) in [7, 11) is 1.47. The summed E-state index contributed by atoms with van der Waals surface area (Å²) in [5.41, 5.74) is 15.7. The molecule has 0 spiro atoms. The van der Waals surface area contributed by atoms with Crippen molar-refractivity contribution in [1.29, 1.82) is 0 Å². The number of hydrogen-bond acceptors (Lipinski definition) is 11. The number of hydrogen-bond donors (Lipinski definition) is 5. The minimum absolute atomic E-state index is 0.112. The van der Waals surface area contributed by atoms with E-state index in [4.69, 9.17) is 30.9 Å². The topological polar surface area (TPSA) is 254 Å². The number of allylic oxidation sites excluding steroid dienone is 2. The summed E-state index contributed by atoms with van der Waals surface area (Å²) in [6.45, 7) is 5.26. The molecule has 4 amide bonds. The van der Waals surface area contributed by atoms with Crippen LogP contribution in [0.2, 0.25) is 0 Å². The molecule has 0 atom stereocenters. The van der Waals surface area contributed by atoms with E-state index >= 15 is 0 Å². The number of nitrogens with two attached hydrogens (primary N) is 2. The van der Waals surface area contributed by atoms with Gasteiger partial charge in [-0.1, -0.05) is 12.2 Å². The quantitative estimate of drug-likeness (QED) is 0.0577. The molecule has 4 heterocycles. The van der Waals surface area contributed by atoms with Crippen molar-refractivity contribution in [3.8, 4) is 11.5 Å². The maximum absolute atomic E-state index is 14.0. The third kappa shape index (κ3) is 8.54. The second-order valence-corrected chi connectivity index (χ2v) is 15.6. The Balaban J connectivity index is 1.16. The van der Waals surface area contributed by atoms with Gasteiger partial charge < -0.3 is 35.2 Å². The minimum Gasteiger partial charge on any atom is -0.494 e. The van der Waals surface area contributed by atoms with Crippen LogP contribution in [0.3, 0.4) is 0 Å². The van der Waals surface area contributed by atoms with Crippen molar-refractivity contribution in [1.82, 2.24) is 38.7 Å². The molecule has 2 aliphatic carbocycles. The summed E-state index contributed by atoms with van der Waals surface area (Å²) in [4.78, 5) is 62.1. The Morgan fingerprint density at radius 2 is 1.21 bits per heavy atom. The van der Waals surface area contributed by atoms with Gasteiger partial charge in [-0.15, -0.1) is 0 Å². The zero-order valence-electron chi connectivity index (χ0n) is 34.2. The van der Waals surface area contributed by atoms with Crippen LogP contribution in [0.1, 0.15) is 84.9 Å². The van der Waals surface area contributed by atoms with Gasteiger partial charge in [0, 0.05) is 50.3 Å². The molecule has 6 aromatic rings. The smallest absolute Gasteiger partial charge is 0.276 e. The second kappa shape index (κ2) is 16.9. The number of imidazole rings is 2. The van der Waals surface area contributed by atoms with Crippen molar-refractivity contribution in [2.24, 2.45) is 23.3 Å². The van der Waals surface area contributed by atoms with E-state index in [2.05, 4.69) is 20.8 Å². The van der Waals surface area contributed by atoms with E-state index in [0.717, 1.165) is 31.2 Å². The zero-order chi connectivity index (χ0) is 42.9. The summed E-state index contributed by atoms with van der Waals surface area (Å²) in [5.74, 6) is -0.232. The van der Waals surface area contributed by atoms with E-state index in [1.807, 2.05) is 26.0 Å². The van der Waals surface area contributed by atoms with Gasteiger partial charge >= 0.3 is 0 Å².